The predicted octanol–water partition coefficient (Wildman–Crippen LogP) is 2.06. The maximum Gasteiger partial charge on any atom is 0.295 e. The summed E-state index contributed by atoms with van der Waals surface area (Å²) in [4.78, 5) is 9.72. The van der Waals surface area contributed by atoms with Crippen LogP contribution in [-0.4, -0.2) is 23.7 Å². The van der Waals surface area contributed by atoms with E-state index in [9.17, 15) is 4.79 Å². The van der Waals surface area contributed by atoms with Gasteiger partial charge in [-0.2, -0.15) is 0 Å². The third-order valence-corrected chi connectivity index (χ3v) is 2.64. The van der Waals surface area contributed by atoms with Gasteiger partial charge in [-0.1, -0.05) is 26.8 Å². The molecule has 0 rings (SSSR count). The molecule has 94 valence electrons. The van der Waals surface area contributed by atoms with Gasteiger partial charge in [-0.05, 0) is 19.3 Å². The smallest absolute Gasteiger partial charge is 0.295 e. The van der Waals surface area contributed by atoms with Crippen molar-refractivity contribution in [1.29, 1.82) is 0 Å². The number of carbonyl (C=O) groups excluding carboxylic acids is 1. The van der Waals surface area contributed by atoms with Gasteiger partial charge in [0.1, 0.15) is 0 Å². The van der Waals surface area contributed by atoms with Crippen LogP contribution >= 0.6 is 0 Å². The molecule has 4 N–H and O–H groups in total. The quantitative estimate of drug-likeness (QED) is 0.624. The van der Waals surface area contributed by atoms with Crippen LogP contribution < -0.4 is 11.1 Å². The Morgan fingerprint density at radius 2 is 1.94 bits per heavy atom. The van der Waals surface area contributed by atoms with E-state index >= 15 is 0 Å². The molecule has 0 saturated carbocycles. The van der Waals surface area contributed by atoms with Gasteiger partial charge in [0.15, 0.2) is 0 Å². The summed E-state index contributed by atoms with van der Waals surface area (Å²) in [6, 6.07) is 0. The van der Waals surface area contributed by atoms with Gasteiger partial charge >= 0.3 is 0 Å². The van der Waals surface area contributed by atoms with E-state index in [2.05, 4.69) is 18.3 Å². The van der Waals surface area contributed by atoms with Crippen LogP contribution in [-0.2, 0) is 0 Å². The van der Waals surface area contributed by atoms with Gasteiger partial charge in [0.25, 0.3) is 5.78 Å². The largest absolute Gasteiger partial charge is 0.387 e. The zero-order valence-corrected chi connectivity index (χ0v) is 11.1. The van der Waals surface area contributed by atoms with E-state index in [1.807, 2.05) is 20.8 Å². The predicted molar refractivity (Wildman–Crippen MR) is 71.0 cm³/mol. The van der Waals surface area contributed by atoms with E-state index in [0.717, 1.165) is 19.4 Å². The highest BCUT2D eigenvalue weighted by Gasteiger charge is 2.18. The number of hydrogen-bond donors (Lipinski definition) is 2. The first-order valence-electron chi connectivity index (χ1n) is 6.15. The number of allylic oxidation sites excluding steroid dienone is 2. The number of rotatable bonds is 8. The van der Waals surface area contributed by atoms with Crippen LogP contribution in [0.4, 0.5) is 0 Å². The molecule has 0 amide bonds. The van der Waals surface area contributed by atoms with Crippen LogP contribution in [0.25, 0.3) is 0 Å². The Bertz CT molecular complexity index is 234. The van der Waals surface area contributed by atoms with Crippen molar-refractivity contribution >= 4 is 5.78 Å². The lowest BCUT2D eigenvalue weighted by Gasteiger charge is -2.14. The summed E-state index contributed by atoms with van der Waals surface area (Å²) in [6.45, 7) is 9.68. The average Bonchev–Trinajstić information content (AvgIpc) is 2.23. The summed E-state index contributed by atoms with van der Waals surface area (Å²) in [5, 5.41) is 3.30. The van der Waals surface area contributed by atoms with Gasteiger partial charge in [-0.3, -0.25) is 4.79 Å². The third kappa shape index (κ3) is 6.62. The summed E-state index contributed by atoms with van der Waals surface area (Å²) >= 11 is 0. The van der Waals surface area contributed by atoms with Crippen molar-refractivity contribution in [3.05, 3.63) is 11.8 Å². The monoisotopic (exact) mass is 227 g/mol. The molecule has 0 saturated heterocycles. The van der Waals surface area contributed by atoms with Crippen LogP contribution in [0.1, 0.15) is 40.5 Å². The van der Waals surface area contributed by atoms with Crippen LogP contribution in [0, 0.1) is 11.8 Å². The number of hydrogen-bond acceptors (Lipinski definition) is 2. The second kappa shape index (κ2) is 8.34. The zero-order chi connectivity index (χ0) is 12.6. The summed E-state index contributed by atoms with van der Waals surface area (Å²) in [5.74, 6) is 1.31. The van der Waals surface area contributed by atoms with Crippen molar-refractivity contribution in [2.75, 3.05) is 13.1 Å². The standard InChI is InChI=1S/C13H26N2O/c1-5-12(15-7-6-14)8-11(4)9-13(16)10(2)3/h5,10-11,15H,6-9,14H2,1-4H3/p+1/b12-5-. The molecule has 16 heavy (non-hydrogen) atoms. The summed E-state index contributed by atoms with van der Waals surface area (Å²) < 4.78 is 0. The minimum atomic E-state index is 0.258. The van der Waals surface area contributed by atoms with E-state index in [4.69, 9.17) is 5.73 Å². The molecule has 1 atom stereocenters. The van der Waals surface area contributed by atoms with Gasteiger partial charge < -0.3 is 11.1 Å². The van der Waals surface area contributed by atoms with E-state index in [-0.39, 0.29) is 5.92 Å². The van der Waals surface area contributed by atoms with Crippen molar-refractivity contribution in [3.63, 3.8) is 0 Å². The van der Waals surface area contributed by atoms with Crippen molar-refractivity contribution in [2.24, 2.45) is 17.6 Å². The van der Waals surface area contributed by atoms with Gasteiger partial charge in [-0.25, -0.2) is 0 Å². The lowest BCUT2D eigenvalue weighted by molar-refractivity contribution is 0.522. The Kier molecular flexibility index (Phi) is 7.90. The van der Waals surface area contributed by atoms with Gasteiger partial charge in [-0.15, -0.1) is 0 Å². The Morgan fingerprint density at radius 1 is 1.31 bits per heavy atom. The third-order valence-electron chi connectivity index (χ3n) is 2.64. The lowest BCUT2D eigenvalue weighted by Crippen LogP contribution is -2.23. The van der Waals surface area contributed by atoms with E-state index in [1.54, 1.807) is 0 Å². The normalized spacial score (nSPS) is 14.0. The molecule has 0 aliphatic carbocycles. The first kappa shape index (κ1) is 15.2. The molecule has 3 heteroatoms. The first-order chi connectivity index (χ1) is 7.51. The summed E-state index contributed by atoms with van der Waals surface area (Å²) in [6.07, 6.45) is 3.82. The molecule has 0 aromatic heterocycles. The van der Waals surface area contributed by atoms with Crippen molar-refractivity contribution < 1.29 is 4.79 Å². The molecule has 0 aliphatic heterocycles. The molecule has 0 aliphatic rings. The van der Waals surface area contributed by atoms with Crippen LogP contribution in [0.15, 0.2) is 11.8 Å². The average molecular weight is 227 g/mol. The van der Waals surface area contributed by atoms with E-state index in [1.165, 1.54) is 5.70 Å². The SMILES string of the molecule is C/C=C(/CC(C)CC(=[OH+])C(C)C)NCCN. The highest BCUT2D eigenvalue weighted by molar-refractivity contribution is 5.81. The van der Waals surface area contributed by atoms with Crippen molar-refractivity contribution in [1.82, 2.24) is 5.32 Å². The molecular weight excluding hydrogens is 200 g/mol. The molecule has 1 unspecified atom stereocenters. The molecule has 3 nitrogen and oxygen atoms in total. The fourth-order valence-corrected chi connectivity index (χ4v) is 1.57. The minimum absolute atomic E-state index is 0.258. The Hall–Kier alpha value is -0.830. The second-order valence-electron chi connectivity index (χ2n) is 4.69. The van der Waals surface area contributed by atoms with Gasteiger partial charge in [0, 0.05) is 18.8 Å². The van der Waals surface area contributed by atoms with E-state index < -0.39 is 0 Å². The number of nitrogens with one attached hydrogen (secondary N) is 1. The topological polar surface area (TPSA) is 59.5 Å². The minimum Gasteiger partial charge on any atom is -0.387 e. The second-order valence-corrected chi connectivity index (χ2v) is 4.69. The maximum atomic E-state index is 9.72. The van der Waals surface area contributed by atoms with Gasteiger partial charge in [0.05, 0.1) is 12.3 Å². The Balaban J connectivity index is 4.01. The van der Waals surface area contributed by atoms with Crippen LogP contribution in [0.5, 0.6) is 0 Å². The van der Waals surface area contributed by atoms with Crippen molar-refractivity contribution in [3.8, 4) is 0 Å². The van der Waals surface area contributed by atoms with Gasteiger partial charge in [0.2, 0.25) is 0 Å². The molecule has 0 bridgehead atoms. The lowest BCUT2D eigenvalue weighted by atomic mass is 9.94. The first-order valence-corrected chi connectivity index (χ1v) is 6.15. The molecule has 0 heterocycles. The molecule has 0 spiro atoms. The number of ketones is 1. The maximum absolute atomic E-state index is 9.72. The molecule has 0 fully saturated rings. The van der Waals surface area contributed by atoms with Crippen molar-refractivity contribution in [2.45, 2.75) is 40.5 Å². The zero-order valence-electron chi connectivity index (χ0n) is 11.1. The Morgan fingerprint density at radius 3 is 2.38 bits per heavy atom. The number of nitrogens with two attached hydrogens (primary N) is 1. The Labute approximate surface area is 99.5 Å². The highest BCUT2D eigenvalue weighted by atomic mass is 16.1. The summed E-state index contributed by atoms with van der Waals surface area (Å²) in [7, 11) is 0. The molecule has 0 aromatic carbocycles. The molecule has 0 aromatic rings. The molecule has 0 radical (unpaired) electrons. The van der Waals surface area contributed by atoms with Crippen LogP contribution in [0.3, 0.4) is 0 Å². The fraction of sp³-hybridized carbons (Fsp3) is 0.769. The fourth-order valence-electron chi connectivity index (χ4n) is 1.57. The summed E-state index contributed by atoms with van der Waals surface area (Å²) in [5.41, 5.74) is 6.67. The molecular formula is C13H27N2O+. The van der Waals surface area contributed by atoms with E-state index in [0.29, 0.717) is 18.2 Å². The highest BCUT2D eigenvalue weighted by Crippen LogP contribution is 2.15. The van der Waals surface area contributed by atoms with Crippen LogP contribution in [0.2, 0.25) is 0 Å².